The second-order valence-electron chi connectivity index (χ2n) is 4.02. The molecule has 1 heterocycles. The Labute approximate surface area is 92.8 Å². The van der Waals surface area contributed by atoms with Gasteiger partial charge in [0.05, 0.1) is 6.61 Å². The van der Waals surface area contributed by atoms with Gasteiger partial charge in [0.25, 0.3) is 5.91 Å². The minimum Gasteiger partial charge on any atom is -0.395 e. The van der Waals surface area contributed by atoms with Gasteiger partial charge in [0.15, 0.2) is 0 Å². The molecule has 0 saturated carbocycles. The monoisotopic (exact) mass is 229 g/mol. The number of hydrogen-bond donors (Lipinski definition) is 3. The average molecular weight is 229 g/mol. The van der Waals surface area contributed by atoms with Crippen molar-refractivity contribution < 1.29 is 19.5 Å². The van der Waals surface area contributed by atoms with E-state index >= 15 is 0 Å². The largest absolute Gasteiger partial charge is 0.395 e. The molecule has 0 radical (unpaired) electrons. The van der Waals surface area contributed by atoms with Crippen molar-refractivity contribution in [3.05, 3.63) is 0 Å². The summed E-state index contributed by atoms with van der Waals surface area (Å²) in [4.78, 5) is 35.2. The minimum atomic E-state index is -0.964. The summed E-state index contributed by atoms with van der Waals surface area (Å²) < 4.78 is 0. The Bertz CT molecular complexity index is 327. The summed E-state index contributed by atoms with van der Waals surface area (Å²) in [7, 11) is 0. The van der Waals surface area contributed by atoms with Gasteiger partial charge in [0.1, 0.15) is 12.1 Å². The van der Waals surface area contributed by atoms with Crippen molar-refractivity contribution in [2.75, 3.05) is 19.7 Å². The Balaban J connectivity index is 2.58. The van der Waals surface area contributed by atoms with E-state index in [2.05, 4.69) is 10.6 Å². The molecule has 1 fully saturated rings. The summed E-state index contributed by atoms with van der Waals surface area (Å²) >= 11 is 0. The maximum Gasteiger partial charge on any atom is 0.325 e. The van der Waals surface area contributed by atoms with Crippen molar-refractivity contribution in [1.82, 2.24) is 15.5 Å². The minimum absolute atomic E-state index is 0.103. The maximum absolute atomic E-state index is 11.7. The van der Waals surface area contributed by atoms with Gasteiger partial charge >= 0.3 is 6.03 Å². The molecule has 4 amide bonds. The molecule has 7 nitrogen and oxygen atoms in total. The third-order valence-corrected chi connectivity index (χ3v) is 2.18. The Kier molecular flexibility index (Phi) is 3.48. The summed E-state index contributed by atoms with van der Waals surface area (Å²) in [5.41, 5.74) is -0.964. The highest BCUT2D eigenvalue weighted by Gasteiger charge is 2.44. The summed E-state index contributed by atoms with van der Waals surface area (Å²) in [6.07, 6.45) is 0. The molecule has 0 aromatic carbocycles. The molecule has 16 heavy (non-hydrogen) atoms. The molecule has 90 valence electrons. The van der Waals surface area contributed by atoms with Gasteiger partial charge in [-0.15, -0.1) is 0 Å². The molecule has 1 aliphatic rings. The number of aliphatic hydroxyl groups excluding tert-OH is 1. The molecular formula is C9H15N3O4. The highest BCUT2D eigenvalue weighted by Crippen LogP contribution is 2.15. The second kappa shape index (κ2) is 4.48. The molecule has 1 aliphatic heterocycles. The molecule has 1 saturated heterocycles. The van der Waals surface area contributed by atoms with Crippen molar-refractivity contribution in [2.45, 2.75) is 19.4 Å². The van der Waals surface area contributed by atoms with Crippen molar-refractivity contribution in [1.29, 1.82) is 0 Å². The van der Waals surface area contributed by atoms with Crippen LogP contribution >= 0.6 is 0 Å². The van der Waals surface area contributed by atoms with Crippen LogP contribution in [0.15, 0.2) is 0 Å². The standard InChI is InChI=1S/C9H15N3O4/c1-9(2)7(15)12(8(16)11-9)5-6(14)10-3-4-13/h13H,3-5H2,1-2H3,(H,10,14)(H,11,16). The summed E-state index contributed by atoms with van der Waals surface area (Å²) in [6.45, 7) is 2.73. The number of carbonyl (C=O) groups is 3. The number of urea groups is 1. The van der Waals surface area contributed by atoms with Crippen molar-refractivity contribution in [3.63, 3.8) is 0 Å². The molecule has 0 unspecified atom stereocenters. The Morgan fingerprint density at radius 3 is 2.56 bits per heavy atom. The first-order chi connectivity index (χ1) is 7.38. The number of hydrogen-bond acceptors (Lipinski definition) is 4. The van der Waals surface area contributed by atoms with Crippen LogP contribution in [0.2, 0.25) is 0 Å². The summed E-state index contributed by atoms with van der Waals surface area (Å²) in [5, 5.41) is 13.3. The molecule has 0 aliphatic carbocycles. The van der Waals surface area contributed by atoms with E-state index in [0.29, 0.717) is 0 Å². The fraction of sp³-hybridized carbons (Fsp3) is 0.667. The summed E-state index contributed by atoms with van der Waals surface area (Å²) in [6, 6.07) is -0.575. The molecule has 0 aromatic rings. The summed E-state index contributed by atoms with van der Waals surface area (Å²) in [5.74, 6) is -0.910. The van der Waals surface area contributed by atoms with Crippen LogP contribution in [0.4, 0.5) is 4.79 Å². The van der Waals surface area contributed by atoms with Gasteiger partial charge in [-0.3, -0.25) is 14.5 Å². The predicted octanol–water partition coefficient (Wildman–Crippen LogP) is -1.57. The Hall–Kier alpha value is -1.63. The van der Waals surface area contributed by atoms with Gasteiger partial charge in [0.2, 0.25) is 5.91 Å². The lowest BCUT2D eigenvalue weighted by Crippen LogP contribution is -2.43. The van der Waals surface area contributed by atoms with E-state index in [1.165, 1.54) is 0 Å². The van der Waals surface area contributed by atoms with Crippen molar-refractivity contribution in [3.8, 4) is 0 Å². The number of amides is 4. The second-order valence-corrected chi connectivity index (χ2v) is 4.02. The molecule has 7 heteroatoms. The lowest BCUT2D eigenvalue weighted by atomic mass is 10.1. The third-order valence-electron chi connectivity index (χ3n) is 2.18. The normalized spacial score (nSPS) is 18.6. The van der Waals surface area contributed by atoms with Gasteiger partial charge in [-0.1, -0.05) is 0 Å². The van der Waals surface area contributed by atoms with Crippen LogP contribution < -0.4 is 10.6 Å². The van der Waals surface area contributed by atoms with Crippen LogP contribution in [0.1, 0.15) is 13.8 Å². The molecule has 0 spiro atoms. The topological polar surface area (TPSA) is 98.7 Å². The molecule has 0 atom stereocenters. The van der Waals surface area contributed by atoms with E-state index in [1.54, 1.807) is 13.8 Å². The fourth-order valence-electron chi connectivity index (χ4n) is 1.36. The van der Waals surface area contributed by atoms with Gasteiger partial charge in [-0.25, -0.2) is 4.79 Å². The number of nitrogens with zero attached hydrogens (tertiary/aromatic N) is 1. The van der Waals surface area contributed by atoms with Crippen LogP contribution in [0.5, 0.6) is 0 Å². The SMILES string of the molecule is CC1(C)NC(=O)N(CC(=O)NCCO)C1=O. The number of imide groups is 1. The first-order valence-corrected chi connectivity index (χ1v) is 4.90. The van der Waals surface area contributed by atoms with Crippen molar-refractivity contribution >= 4 is 17.8 Å². The molecule has 0 bridgehead atoms. The van der Waals surface area contributed by atoms with Gasteiger partial charge in [-0.05, 0) is 13.8 Å². The molecular weight excluding hydrogens is 214 g/mol. The van der Waals surface area contributed by atoms with Crippen molar-refractivity contribution in [2.24, 2.45) is 0 Å². The zero-order valence-electron chi connectivity index (χ0n) is 9.24. The fourth-order valence-corrected chi connectivity index (χ4v) is 1.36. The lowest BCUT2D eigenvalue weighted by molar-refractivity contribution is -0.134. The zero-order valence-corrected chi connectivity index (χ0v) is 9.24. The zero-order chi connectivity index (χ0) is 12.3. The number of carbonyl (C=O) groups excluding carboxylic acids is 3. The molecule has 3 N–H and O–H groups in total. The molecule has 0 aromatic heterocycles. The Morgan fingerprint density at radius 2 is 2.12 bits per heavy atom. The first kappa shape index (κ1) is 12.4. The maximum atomic E-state index is 11.7. The van der Waals surface area contributed by atoms with E-state index in [4.69, 9.17) is 5.11 Å². The van der Waals surface area contributed by atoms with E-state index in [1.807, 2.05) is 0 Å². The molecule has 1 rings (SSSR count). The van der Waals surface area contributed by atoms with Crippen LogP contribution in [-0.2, 0) is 9.59 Å². The number of aliphatic hydroxyl groups is 1. The highest BCUT2D eigenvalue weighted by molar-refractivity contribution is 6.08. The van der Waals surface area contributed by atoms with E-state index in [9.17, 15) is 14.4 Å². The lowest BCUT2D eigenvalue weighted by Gasteiger charge is -2.15. The Morgan fingerprint density at radius 1 is 1.50 bits per heavy atom. The number of rotatable bonds is 4. The van der Waals surface area contributed by atoms with Crippen LogP contribution in [-0.4, -0.2) is 53.1 Å². The predicted molar refractivity (Wildman–Crippen MR) is 54.4 cm³/mol. The smallest absolute Gasteiger partial charge is 0.325 e. The van der Waals surface area contributed by atoms with Crippen LogP contribution in [0, 0.1) is 0 Å². The average Bonchev–Trinajstić information content (AvgIpc) is 2.38. The highest BCUT2D eigenvalue weighted by atomic mass is 16.3. The number of nitrogens with one attached hydrogen (secondary N) is 2. The van der Waals surface area contributed by atoms with Crippen LogP contribution in [0.3, 0.4) is 0 Å². The quantitative estimate of drug-likeness (QED) is 0.507. The van der Waals surface area contributed by atoms with E-state index in [-0.39, 0.29) is 19.7 Å². The first-order valence-electron chi connectivity index (χ1n) is 4.90. The van der Waals surface area contributed by atoms with Crippen LogP contribution in [0.25, 0.3) is 0 Å². The van der Waals surface area contributed by atoms with Gasteiger partial charge in [-0.2, -0.15) is 0 Å². The van der Waals surface area contributed by atoms with E-state index < -0.39 is 23.4 Å². The third kappa shape index (κ3) is 2.48. The van der Waals surface area contributed by atoms with Gasteiger partial charge < -0.3 is 15.7 Å². The van der Waals surface area contributed by atoms with E-state index in [0.717, 1.165) is 4.90 Å². The van der Waals surface area contributed by atoms with Gasteiger partial charge in [0, 0.05) is 6.54 Å².